The molecule has 0 aliphatic heterocycles. The molecule has 0 radical (unpaired) electrons. The zero-order valence-corrected chi connectivity index (χ0v) is 12.2. The maximum atomic E-state index is 10.1. The first-order valence-electron chi connectivity index (χ1n) is 6.92. The first-order chi connectivity index (χ1) is 9.74. The minimum Gasteiger partial charge on any atom is -0.388 e. The van der Waals surface area contributed by atoms with Gasteiger partial charge in [0.1, 0.15) is 0 Å². The smallest absolute Gasteiger partial charge is 0.239 e. The van der Waals surface area contributed by atoms with Gasteiger partial charge >= 0.3 is 0 Å². The fourth-order valence-electron chi connectivity index (χ4n) is 2.00. The topological polar surface area (TPSA) is 59.2 Å². The third kappa shape index (κ3) is 3.22. The molecule has 20 heavy (non-hydrogen) atoms. The molecule has 0 amide bonds. The van der Waals surface area contributed by atoms with Gasteiger partial charge in [0, 0.05) is 11.7 Å². The third-order valence-electron chi connectivity index (χ3n) is 3.44. The van der Waals surface area contributed by atoms with E-state index >= 15 is 0 Å². The Morgan fingerprint density at radius 1 is 1.35 bits per heavy atom. The fraction of sp³-hybridized carbons (Fsp3) is 0.467. The summed E-state index contributed by atoms with van der Waals surface area (Å²) in [4.78, 5) is 4.44. The lowest BCUT2D eigenvalue weighted by atomic mass is 10.1. The van der Waals surface area contributed by atoms with Crippen molar-refractivity contribution in [3.8, 4) is 0 Å². The second-order valence-electron chi connectivity index (χ2n) is 5.17. The van der Waals surface area contributed by atoms with Crippen molar-refractivity contribution in [2.75, 3.05) is 5.75 Å². The number of thioether (sulfide) groups is 1. The fourth-order valence-corrected chi connectivity index (χ4v) is 2.90. The Labute approximate surface area is 122 Å². The Kier molecular flexibility index (Phi) is 4.08. The molecule has 1 fully saturated rings. The van der Waals surface area contributed by atoms with E-state index in [4.69, 9.17) is 4.52 Å². The number of hydrogen-bond donors (Lipinski definition) is 1. The van der Waals surface area contributed by atoms with E-state index in [1.807, 2.05) is 37.3 Å². The van der Waals surface area contributed by atoms with Crippen molar-refractivity contribution in [3.63, 3.8) is 0 Å². The zero-order valence-electron chi connectivity index (χ0n) is 11.4. The Morgan fingerprint density at radius 2 is 2.10 bits per heavy atom. The van der Waals surface area contributed by atoms with Crippen LogP contribution in [0.2, 0.25) is 0 Å². The van der Waals surface area contributed by atoms with E-state index in [1.165, 1.54) is 12.8 Å². The van der Waals surface area contributed by atoms with Gasteiger partial charge in [-0.05, 0) is 25.3 Å². The maximum absolute atomic E-state index is 10.1. The van der Waals surface area contributed by atoms with Crippen LogP contribution in [0.1, 0.15) is 54.3 Å². The van der Waals surface area contributed by atoms with Gasteiger partial charge in [0.15, 0.2) is 5.82 Å². The molecule has 0 saturated heterocycles. The second kappa shape index (κ2) is 5.97. The molecule has 1 aliphatic carbocycles. The van der Waals surface area contributed by atoms with Crippen LogP contribution in [0, 0.1) is 0 Å². The highest BCUT2D eigenvalue weighted by atomic mass is 32.2. The molecule has 1 heterocycles. The predicted molar refractivity (Wildman–Crippen MR) is 78.5 cm³/mol. The van der Waals surface area contributed by atoms with Gasteiger partial charge in [-0.15, -0.1) is 11.8 Å². The van der Waals surface area contributed by atoms with Crippen molar-refractivity contribution < 1.29 is 9.63 Å². The quantitative estimate of drug-likeness (QED) is 0.882. The van der Waals surface area contributed by atoms with Crippen LogP contribution in [-0.2, 0) is 0 Å². The van der Waals surface area contributed by atoms with E-state index in [0.29, 0.717) is 17.6 Å². The molecule has 2 atom stereocenters. The van der Waals surface area contributed by atoms with E-state index in [9.17, 15) is 5.11 Å². The molecular weight excluding hydrogens is 272 g/mol. The normalized spacial score (nSPS) is 17.9. The van der Waals surface area contributed by atoms with Crippen molar-refractivity contribution in [1.29, 1.82) is 0 Å². The lowest BCUT2D eigenvalue weighted by molar-refractivity contribution is 0.204. The molecular formula is C15H18N2O2S. The summed E-state index contributed by atoms with van der Waals surface area (Å²) in [6, 6.07) is 9.70. The highest BCUT2D eigenvalue weighted by Crippen LogP contribution is 2.39. The van der Waals surface area contributed by atoms with Gasteiger partial charge in [-0.2, -0.15) is 4.98 Å². The van der Waals surface area contributed by atoms with E-state index in [1.54, 1.807) is 11.8 Å². The molecule has 0 unspecified atom stereocenters. The van der Waals surface area contributed by atoms with Crippen molar-refractivity contribution >= 4 is 11.8 Å². The number of benzene rings is 1. The summed E-state index contributed by atoms with van der Waals surface area (Å²) in [6.07, 6.45) is 1.88. The van der Waals surface area contributed by atoms with Crippen molar-refractivity contribution in [2.24, 2.45) is 0 Å². The Bertz CT molecular complexity index is 554. The Morgan fingerprint density at radius 3 is 2.80 bits per heavy atom. The van der Waals surface area contributed by atoms with Crippen LogP contribution in [0.15, 0.2) is 34.9 Å². The van der Waals surface area contributed by atoms with E-state index in [0.717, 1.165) is 11.4 Å². The lowest BCUT2D eigenvalue weighted by Crippen LogP contribution is -2.02. The summed E-state index contributed by atoms with van der Waals surface area (Å²) in [5, 5.41) is 14.3. The van der Waals surface area contributed by atoms with Gasteiger partial charge in [0.05, 0.1) is 11.4 Å². The summed E-state index contributed by atoms with van der Waals surface area (Å²) >= 11 is 1.63. The highest BCUT2D eigenvalue weighted by molar-refractivity contribution is 7.99. The third-order valence-corrected chi connectivity index (χ3v) is 4.65. The summed E-state index contributed by atoms with van der Waals surface area (Å²) in [5.74, 6) is 2.64. The van der Waals surface area contributed by atoms with E-state index in [-0.39, 0.29) is 5.25 Å². The van der Waals surface area contributed by atoms with Crippen LogP contribution in [0.5, 0.6) is 0 Å². The molecule has 4 nitrogen and oxygen atoms in total. The molecule has 2 aromatic rings. The van der Waals surface area contributed by atoms with Crippen molar-refractivity contribution in [3.05, 3.63) is 47.6 Å². The number of hydrogen-bond acceptors (Lipinski definition) is 5. The molecule has 3 rings (SSSR count). The van der Waals surface area contributed by atoms with E-state index < -0.39 is 6.10 Å². The zero-order chi connectivity index (χ0) is 13.9. The molecule has 0 spiro atoms. The number of aliphatic hydroxyl groups is 1. The van der Waals surface area contributed by atoms with Gasteiger partial charge in [0.2, 0.25) is 5.89 Å². The van der Waals surface area contributed by atoms with Crippen LogP contribution in [0.4, 0.5) is 0 Å². The highest BCUT2D eigenvalue weighted by Gasteiger charge is 2.29. The molecule has 1 aromatic heterocycles. The number of aliphatic hydroxyl groups excluding tert-OH is 1. The second-order valence-corrected chi connectivity index (χ2v) is 6.54. The van der Waals surface area contributed by atoms with Gasteiger partial charge in [-0.25, -0.2) is 0 Å². The van der Waals surface area contributed by atoms with Crippen LogP contribution in [0.25, 0.3) is 0 Å². The predicted octanol–water partition coefficient (Wildman–Crippen LogP) is 3.47. The molecule has 106 valence electrons. The summed E-state index contributed by atoms with van der Waals surface area (Å²) in [6.45, 7) is 2.03. The molecule has 5 heteroatoms. The standard InChI is InChI=1S/C15H18N2O2S/c1-10(15-16-14(17-19-15)12-7-8-12)20-9-13(18)11-5-3-2-4-6-11/h2-6,10,12-13,18H,7-9H2,1H3/t10-,13+/m0/s1. The molecule has 1 saturated carbocycles. The summed E-state index contributed by atoms with van der Waals surface area (Å²) in [7, 11) is 0. The lowest BCUT2D eigenvalue weighted by Gasteiger charge is -2.12. The molecule has 1 aromatic carbocycles. The van der Waals surface area contributed by atoms with Crippen LogP contribution < -0.4 is 0 Å². The Balaban J connectivity index is 1.54. The Hall–Kier alpha value is -1.33. The SMILES string of the molecule is C[C@H](SC[C@@H](O)c1ccccc1)c1nc(C2CC2)no1. The molecule has 1 aliphatic rings. The molecule has 0 bridgehead atoms. The number of rotatable bonds is 6. The van der Waals surface area contributed by atoms with Crippen molar-refractivity contribution in [2.45, 2.75) is 37.0 Å². The van der Waals surface area contributed by atoms with Crippen molar-refractivity contribution in [1.82, 2.24) is 10.1 Å². The summed E-state index contributed by atoms with van der Waals surface area (Å²) < 4.78 is 5.30. The van der Waals surface area contributed by atoms with Gasteiger partial charge in [-0.3, -0.25) is 0 Å². The monoisotopic (exact) mass is 290 g/mol. The molecule has 1 N–H and O–H groups in total. The largest absolute Gasteiger partial charge is 0.388 e. The average Bonchev–Trinajstić information content (AvgIpc) is 3.22. The summed E-state index contributed by atoms with van der Waals surface area (Å²) in [5.41, 5.74) is 0.941. The minimum absolute atomic E-state index is 0.105. The van der Waals surface area contributed by atoms with Crippen LogP contribution >= 0.6 is 11.8 Å². The first kappa shape index (κ1) is 13.6. The number of aromatic nitrogens is 2. The van der Waals surface area contributed by atoms with E-state index in [2.05, 4.69) is 10.1 Å². The number of nitrogens with zero attached hydrogens (tertiary/aromatic N) is 2. The average molecular weight is 290 g/mol. The van der Waals surface area contributed by atoms with Crippen LogP contribution in [0.3, 0.4) is 0 Å². The van der Waals surface area contributed by atoms with Gasteiger partial charge < -0.3 is 9.63 Å². The maximum Gasteiger partial charge on any atom is 0.239 e. The minimum atomic E-state index is -0.463. The van der Waals surface area contributed by atoms with Gasteiger partial charge in [-0.1, -0.05) is 35.5 Å². The van der Waals surface area contributed by atoms with Gasteiger partial charge in [0.25, 0.3) is 0 Å². The van der Waals surface area contributed by atoms with Crippen LogP contribution in [-0.4, -0.2) is 21.0 Å². The first-order valence-corrected chi connectivity index (χ1v) is 7.97.